The quantitative estimate of drug-likeness (QED) is 0.783. The van der Waals surface area contributed by atoms with Crippen molar-refractivity contribution in [3.63, 3.8) is 0 Å². The first-order valence-electron chi connectivity index (χ1n) is 5.18. The fraction of sp³-hybridized carbons (Fsp3) is 0.800. The Bertz CT molecular complexity index is 270. The highest BCUT2D eigenvalue weighted by molar-refractivity contribution is 4.93. The van der Waals surface area contributed by atoms with Gasteiger partial charge in [0, 0.05) is 5.92 Å². The van der Waals surface area contributed by atoms with Crippen LogP contribution in [0.15, 0.2) is 4.52 Å². The van der Waals surface area contributed by atoms with E-state index in [0.717, 1.165) is 18.3 Å². The predicted molar refractivity (Wildman–Crippen MR) is 54.9 cm³/mol. The van der Waals surface area contributed by atoms with E-state index < -0.39 is 0 Å². The first kappa shape index (κ1) is 11.2. The van der Waals surface area contributed by atoms with E-state index in [1.54, 1.807) is 0 Å². The van der Waals surface area contributed by atoms with Gasteiger partial charge in [0.2, 0.25) is 5.89 Å². The topological polar surface area (TPSA) is 51.0 Å². The van der Waals surface area contributed by atoms with E-state index in [9.17, 15) is 0 Å². The van der Waals surface area contributed by atoms with Crippen LogP contribution in [0.4, 0.5) is 0 Å². The molecule has 80 valence electrons. The summed E-state index contributed by atoms with van der Waals surface area (Å²) in [6.45, 7) is 10.1. The molecule has 0 saturated heterocycles. The Labute approximate surface area is 85.1 Å². The standard InChI is InChI=1S/C10H19N3O/c1-5-11-6-9-12-10(14-13-9)8(4)7(2)3/h7-8,11H,5-6H2,1-4H3. The molecule has 14 heavy (non-hydrogen) atoms. The van der Waals surface area contributed by atoms with Crippen LogP contribution in [0.3, 0.4) is 0 Å². The van der Waals surface area contributed by atoms with Crippen LogP contribution in [0.2, 0.25) is 0 Å². The SMILES string of the molecule is CCNCc1noc(C(C)C(C)C)n1. The van der Waals surface area contributed by atoms with Crippen molar-refractivity contribution in [1.29, 1.82) is 0 Å². The third-order valence-electron chi connectivity index (χ3n) is 2.41. The Balaban J connectivity index is 2.58. The highest BCUT2D eigenvalue weighted by Gasteiger charge is 2.16. The van der Waals surface area contributed by atoms with E-state index in [-0.39, 0.29) is 0 Å². The molecule has 1 heterocycles. The molecule has 0 bridgehead atoms. The lowest BCUT2D eigenvalue weighted by Crippen LogP contribution is -2.13. The van der Waals surface area contributed by atoms with Gasteiger partial charge in [-0.3, -0.25) is 0 Å². The normalized spacial score (nSPS) is 13.5. The fourth-order valence-electron chi connectivity index (χ4n) is 1.05. The van der Waals surface area contributed by atoms with Crippen LogP contribution in [0.25, 0.3) is 0 Å². The Kier molecular flexibility index (Phi) is 4.07. The molecule has 0 amide bonds. The van der Waals surface area contributed by atoms with E-state index in [4.69, 9.17) is 4.52 Å². The van der Waals surface area contributed by atoms with Gasteiger partial charge in [-0.2, -0.15) is 4.98 Å². The van der Waals surface area contributed by atoms with Gasteiger partial charge in [0.25, 0.3) is 0 Å². The molecule has 0 saturated carbocycles. The van der Waals surface area contributed by atoms with Crippen molar-refractivity contribution < 1.29 is 4.52 Å². The molecule has 4 nitrogen and oxygen atoms in total. The summed E-state index contributed by atoms with van der Waals surface area (Å²) < 4.78 is 5.18. The average Bonchev–Trinajstić information content (AvgIpc) is 2.61. The number of hydrogen-bond acceptors (Lipinski definition) is 4. The molecular formula is C10H19N3O. The van der Waals surface area contributed by atoms with Crippen molar-refractivity contribution in [2.45, 2.75) is 40.2 Å². The Morgan fingerprint density at radius 2 is 2.07 bits per heavy atom. The Morgan fingerprint density at radius 3 is 2.64 bits per heavy atom. The smallest absolute Gasteiger partial charge is 0.229 e. The second kappa shape index (κ2) is 5.10. The molecule has 1 N–H and O–H groups in total. The average molecular weight is 197 g/mol. The number of nitrogens with one attached hydrogen (secondary N) is 1. The van der Waals surface area contributed by atoms with Crippen LogP contribution < -0.4 is 5.32 Å². The maximum absolute atomic E-state index is 5.18. The zero-order chi connectivity index (χ0) is 10.6. The summed E-state index contributed by atoms with van der Waals surface area (Å²) in [6, 6.07) is 0. The maximum atomic E-state index is 5.18. The summed E-state index contributed by atoms with van der Waals surface area (Å²) in [6.07, 6.45) is 0. The molecule has 1 atom stereocenters. The fourth-order valence-corrected chi connectivity index (χ4v) is 1.05. The summed E-state index contributed by atoms with van der Waals surface area (Å²) in [5, 5.41) is 7.07. The molecule has 1 aromatic heterocycles. The second-order valence-corrected chi connectivity index (χ2v) is 3.86. The lowest BCUT2D eigenvalue weighted by Gasteiger charge is -2.08. The van der Waals surface area contributed by atoms with Gasteiger partial charge in [0.15, 0.2) is 5.82 Å². The second-order valence-electron chi connectivity index (χ2n) is 3.86. The van der Waals surface area contributed by atoms with Crippen LogP contribution in [0.1, 0.15) is 45.3 Å². The summed E-state index contributed by atoms with van der Waals surface area (Å²) in [7, 11) is 0. The summed E-state index contributed by atoms with van der Waals surface area (Å²) in [4.78, 5) is 4.33. The lowest BCUT2D eigenvalue weighted by atomic mass is 9.98. The highest BCUT2D eigenvalue weighted by atomic mass is 16.5. The van der Waals surface area contributed by atoms with Crippen molar-refractivity contribution in [3.05, 3.63) is 11.7 Å². The van der Waals surface area contributed by atoms with Crippen molar-refractivity contribution in [2.75, 3.05) is 6.54 Å². The minimum atomic E-state index is 0.331. The molecule has 1 aromatic rings. The summed E-state index contributed by atoms with van der Waals surface area (Å²) in [5.74, 6) is 2.35. The third-order valence-corrected chi connectivity index (χ3v) is 2.41. The number of nitrogens with zero attached hydrogens (tertiary/aromatic N) is 2. The van der Waals surface area contributed by atoms with E-state index >= 15 is 0 Å². The lowest BCUT2D eigenvalue weighted by molar-refractivity contribution is 0.328. The van der Waals surface area contributed by atoms with Crippen LogP contribution >= 0.6 is 0 Å². The molecule has 0 spiro atoms. The number of aromatic nitrogens is 2. The molecule has 0 aromatic carbocycles. The van der Waals surface area contributed by atoms with Gasteiger partial charge in [0.1, 0.15) is 0 Å². The maximum Gasteiger partial charge on any atom is 0.229 e. The molecule has 4 heteroatoms. The monoisotopic (exact) mass is 197 g/mol. The van der Waals surface area contributed by atoms with Gasteiger partial charge in [-0.25, -0.2) is 0 Å². The van der Waals surface area contributed by atoms with Crippen LogP contribution in [0.5, 0.6) is 0 Å². The minimum absolute atomic E-state index is 0.331. The number of hydrogen-bond donors (Lipinski definition) is 1. The van der Waals surface area contributed by atoms with E-state index in [2.05, 4.69) is 43.2 Å². The van der Waals surface area contributed by atoms with Gasteiger partial charge < -0.3 is 9.84 Å². The molecule has 0 fully saturated rings. The summed E-state index contributed by atoms with van der Waals surface area (Å²) in [5.41, 5.74) is 0. The first-order chi connectivity index (χ1) is 6.65. The van der Waals surface area contributed by atoms with Crippen molar-refractivity contribution in [1.82, 2.24) is 15.5 Å². The number of rotatable bonds is 5. The van der Waals surface area contributed by atoms with E-state index in [1.165, 1.54) is 0 Å². The Hall–Kier alpha value is -0.900. The largest absolute Gasteiger partial charge is 0.339 e. The van der Waals surface area contributed by atoms with Crippen LogP contribution in [-0.4, -0.2) is 16.7 Å². The minimum Gasteiger partial charge on any atom is -0.339 e. The van der Waals surface area contributed by atoms with Crippen molar-refractivity contribution in [2.24, 2.45) is 5.92 Å². The highest BCUT2D eigenvalue weighted by Crippen LogP contribution is 2.21. The molecule has 1 rings (SSSR count). The van der Waals surface area contributed by atoms with Gasteiger partial charge in [-0.05, 0) is 12.5 Å². The first-order valence-corrected chi connectivity index (χ1v) is 5.18. The van der Waals surface area contributed by atoms with Crippen LogP contribution in [0, 0.1) is 5.92 Å². The van der Waals surface area contributed by atoms with E-state index in [1.807, 2.05) is 0 Å². The molecule has 0 aliphatic heterocycles. The van der Waals surface area contributed by atoms with Gasteiger partial charge >= 0.3 is 0 Å². The third kappa shape index (κ3) is 2.80. The molecule has 0 aliphatic carbocycles. The zero-order valence-corrected chi connectivity index (χ0v) is 9.37. The van der Waals surface area contributed by atoms with Crippen molar-refractivity contribution in [3.8, 4) is 0 Å². The van der Waals surface area contributed by atoms with E-state index in [0.29, 0.717) is 18.4 Å². The zero-order valence-electron chi connectivity index (χ0n) is 9.37. The predicted octanol–water partition coefficient (Wildman–Crippen LogP) is 1.94. The van der Waals surface area contributed by atoms with Gasteiger partial charge in [-0.15, -0.1) is 0 Å². The molecular weight excluding hydrogens is 178 g/mol. The Morgan fingerprint density at radius 1 is 1.36 bits per heavy atom. The van der Waals surface area contributed by atoms with Crippen molar-refractivity contribution >= 4 is 0 Å². The van der Waals surface area contributed by atoms with Crippen LogP contribution in [-0.2, 0) is 6.54 Å². The summed E-state index contributed by atoms with van der Waals surface area (Å²) >= 11 is 0. The molecule has 1 unspecified atom stereocenters. The molecule has 0 radical (unpaired) electrons. The van der Waals surface area contributed by atoms with Gasteiger partial charge in [-0.1, -0.05) is 32.9 Å². The van der Waals surface area contributed by atoms with Gasteiger partial charge in [0.05, 0.1) is 6.54 Å². The molecule has 0 aliphatic rings.